The van der Waals surface area contributed by atoms with Crippen LogP contribution in [0.2, 0.25) is 0 Å². The molecule has 3 rings (SSSR count). The number of H-pyrrole nitrogens is 1. The molecule has 18 heavy (non-hydrogen) atoms. The molecule has 1 fully saturated rings. The summed E-state index contributed by atoms with van der Waals surface area (Å²) in [5, 5.41) is 0. The molecule has 5 heteroatoms. The van der Waals surface area contributed by atoms with Gasteiger partial charge in [-0.1, -0.05) is 12.1 Å². The van der Waals surface area contributed by atoms with E-state index in [1.807, 2.05) is 18.2 Å². The lowest BCUT2D eigenvalue weighted by Crippen LogP contribution is -2.38. The predicted molar refractivity (Wildman–Crippen MR) is 77.3 cm³/mol. The molecule has 1 unspecified atom stereocenters. The first-order valence-corrected chi connectivity index (χ1v) is 6.26. The second kappa shape index (κ2) is 5.59. The van der Waals surface area contributed by atoms with Crippen LogP contribution in [0.25, 0.3) is 11.0 Å². The molecule has 3 N–H and O–H groups in total. The summed E-state index contributed by atoms with van der Waals surface area (Å²) in [5.74, 6) is 1.60. The number of nitrogens with two attached hydrogens (primary N) is 1. The van der Waals surface area contributed by atoms with E-state index in [2.05, 4.69) is 20.9 Å². The molecule has 1 aliphatic rings. The van der Waals surface area contributed by atoms with E-state index >= 15 is 0 Å². The molecule has 0 amide bonds. The van der Waals surface area contributed by atoms with Crippen LogP contribution >= 0.6 is 12.4 Å². The molecule has 0 saturated carbocycles. The summed E-state index contributed by atoms with van der Waals surface area (Å²) in [6.45, 7) is 2.88. The molecule has 1 atom stereocenters. The van der Waals surface area contributed by atoms with Crippen LogP contribution in [0.1, 0.15) is 12.8 Å². The highest BCUT2D eigenvalue weighted by Gasteiger charge is 2.20. The number of hydrogen-bond acceptors (Lipinski definition) is 3. The largest absolute Gasteiger partial charge is 0.342 e. The van der Waals surface area contributed by atoms with Crippen molar-refractivity contribution in [2.75, 3.05) is 24.5 Å². The second-order valence-electron chi connectivity index (χ2n) is 4.77. The number of rotatable bonds is 2. The van der Waals surface area contributed by atoms with Crippen molar-refractivity contribution in [3.63, 3.8) is 0 Å². The number of aromatic amines is 1. The Hall–Kier alpha value is -1.26. The van der Waals surface area contributed by atoms with E-state index in [-0.39, 0.29) is 12.4 Å². The van der Waals surface area contributed by atoms with Crippen LogP contribution in [-0.2, 0) is 0 Å². The molecule has 2 heterocycles. The standard InChI is InChI=1S/C13H18N4.ClH/c14-8-10-4-3-7-17(9-10)13-15-11-5-1-2-6-12(11)16-13;/h1-2,5-6,10H,3-4,7-9,14H2,(H,15,16);1H. The highest BCUT2D eigenvalue weighted by molar-refractivity contribution is 5.85. The molecule has 0 bridgehead atoms. The molecule has 0 spiro atoms. The number of hydrogen-bond donors (Lipinski definition) is 2. The van der Waals surface area contributed by atoms with Gasteiger partial charge in [0.05, 0.1) is 11.0 Å². The quantitative estimate of drug-likeness (QED) is 0.876. The first kappa shape index (κ1) is 13.2. The summed E-state index contributed by atoms with van der Waals surface area (Å²) in [5.41, 5.74) is 7.91. The van der Waals surface area contributed by atoms with Crippen molar-refractivity contribution in [3.8, 4) is 0 Å². The minimum absolute atomic E-state index is 0. The molecule has 0 aliphatic carbocycles. The lowest BCUT2D eigenvalue weighted by molar-refractivity contribution is 0.420. The number of benzene rings is 1. The third-order valence-electron chi connectivity index (χ3n) is 3.53. The van der Waals surface area contributed by atoms with E-state index in [1.54, 1.807) is 0 Å². The van der Waals surface area contributed by atoms with Gasteiger partial charge in [-0.3, -0.25) is 0 Å². The topological polar surface area (TPSA) is 57.9 Å². The van der Waals surface area contributed by atoms with E-state index in [0.29, 0.717) is 5.92 Å². The lowest BCUT2D eigenvalue weighted by atomic mass is 9.99. The number of nitrogens with one attached hydrogen (secondary N) is 1. The monoisotopic (exact) mass is 266 g/mol. The molecule has 98 valence electrons. The van der Waals surface area contributed by atoms with Gasteiger partial charge < -0.3 is 15.6 Å². The van der Waals surface area contributed by atoms with Crippen molar-refractivity contribution in [2.45, 2.75) is 12.8 Å². The molecule has 1 aromatic heterocycles. The van der Waals surface area contributed by atoms with E-state index in [0.717, 1.165) is 36.6 Å². The van der Waals surface area contributed by atoms with E-state index in [1.165, 1.54) is 12.8 Å². The summed E-state index contributed by atoms with van der Waals surface area (Å²) < 4.78 is 0. The van der Waals surface area contributed by atoms with Gasteiger partial charge in [-0.15, -0.1) is 12.4 Å². The molecule has 1 aliphatic heterocycles. The Morgan fingerprint density at radius 2 is 2.22 bits per heavy atom. The third kappa shape index (κ3) is 2.44. The van der Waals surface area contributed by atoms with Gasteiger partial charge in [0.15, 0.2) is 0 Å². The normalized spacial score (nSPS) is 19.8. The Labute approximate surface area is 113 Å². The number of fused-ring (bicyclic) bond motifs is 1. The summed E-state index contributed by atoms with van der Waals surface area (Å²) in [4.78, 5) is 10.3. The van der Waals surface area contributed by atoms with Crippen LogP contribution in [0, 0.1) is 5.92 Å². The van der Waals surface area contributed by atoms with Crippen molar-refractivity contribution in [3.05, 3.63) is 24.3 Å². The summed E-state index contributed by atoms with van der Waals surface area (Å²) >= 11 is 0. The van der Waals surface area contributed by atoms with Gasteiger partial charge in [0.2, 0.25) is 5.95 Å². The van der Waals surface area contributed by atoms with Crippen LogP contribution in [0.5, 0.6) is 0 Å². The third-order valence-corrected chi connectivity index (χ3v) is 3.53. The van der Waals surface area contributed by atoms with Crippen molar-refractivity contribution < 1.29 is 0 Å². The van der Waals surface area contributed by atoms with Crippen molar-refractivity contribution in [1.29, 1.82) is 0 Å². The van der Waals surface area contributed by atoms with Crippen molar-refractivity contribution in [1.82, 2.24) is 9.97 Å². The van der Waals surface area contributed by atoms with Crippen LogP contribution < -0.4 is 10.6 Å². The Kier molecular flexibility index (Phi) is 4.09. The fourth-order valence-electron chi connectivity index (χ4n) is 2.54. The number of nitrogens with zero attached hydrogens (tertiary/aromatic N) is 2. The number of halogens is 1. The van der Waals surface area contributed by atoms with Crippen LogP contribution in [0.15, 0.2) is 24.3 Å². The van der Waals surface area contributed by atoms with Gasteiger partial charge in [-0.25, -0.2) is 4.98 Å². The molecule has 4 nitrogen and oxygen atoms in total. The predicted octanol–water partition coefficient (Wildman–Crippen LogP) is 2.16. The highest BCUT2D eigenvalue weighted by Crippen LogP contribution is 2.22. The maximum Gasteiger partial charge on any atom is 0.203 e. The van der Waals surface area contributed by atoms with Crippen LogP contribution in [0.3, 0.4) is 0 Å². The van der Waals surface area contributed by atoms with E-state index < -0.39 is 0 Å². The van der Waals surface area contributed by atoms with Crippen LogP contribution in [-0.4, -0.2) is 29.6 Å². The maximum absolute atomic E-state index is 5.76. The number of para-hydroxylation sites is 2. The lowest BCUT2D eigenvalue weighted by Gasteiger charge is -2.31. The van der Waals surface area contributed by atoms with Gasteiger partial charge in [-0.05, 0) is 37.4 Å². The Balaban J connectivity index is 0.00000120. The zero-order chi connectivity index (χ0) is 11.7. The highest BCUT2D eigenvalue weighted by atomic mass is 35.5. The molecular weight excluding hydrogens is 248 g/mol. The fraction of sp³-hybridized carbons (Fsp3) is 0.462. The van der Waals surface area contributed by atoms with Gasteiger partial charge in [0.25, 0.3) is 0 Å². The fourth-order valence-corrected chi connectivity index (χ4v) is 2.54. The molecular formula is C13H19ClN4. The molecule has 2 aromatic rings. The van der Waals surface area contributed by atoms with Gasteiger partial charge in [-0.2, -0.15) is 0 Å². The molecule has 1 saturated heterocycles. The van der Waals surface area contributed by atoms with Crippen molar-refractivity contribution >= 4 is 29.4 Å². The average Bonchev–Trinajstić information content (AvgIpc) is 2.82. The number of anilines is 1. The minimum Gasteiger partial charge on any atom is -0.342 e. The summed E-state index contributed by atoms with van der Waals surface area (Å²) in [6.07, 6.45) is 2.45. The second-order valence-corrected chi connectivity index (χ2v) is 4.77. The van der Waals surface area contributed by atoms with Crippen LogP contribution in [0.4, 0.5) is 5.95 Å². The molecule has 0 radical (unpaired) electrons. The zero-order valence-electron chi connectivity index (χ0n) is 10.3. The first-order valence-electron chi connectivity index (χ1n) is 6.26. The van der Waals surface area contributed by atoms with Gasteiger partial charge >= 0.3 is 0 Å². The van der Waals surface area contributed by atoms with E-state index in [4.69, 9.17) is 5.73 Å². The zero-order valence-corrected chi connectivity index (χ0v) is 11.1. The number of aromatic nitrogens is 2. The summed E-state index contributed by atoms with van der Waals surface area (Å²) in [7, 11) is 0. The maximum atomic E-state index is 5.76. The van der Waals surface area contributed by atoms with Gasteiger partial charge in [0.1, 0.15) is 0 Å². The molecule has 1 aromatic carbocycles. The van der Waals surface area contributed by atoms with Gasteiger partial charge in [0, 0.05) is 13.1 Å². The van der Waals surface area contributed by atoms with E-state index in [9.17, 15) is 0 Å². The Bertz CT molecular complexity index is 477. The Morgan fingerprint density at radius 3 is 3.00 bits per heavy atom. The smallest absolute Gasteiger partial charge is 0.203 e. The Morgan fingerprint density at radius 1 is 1.39 bits per heavy atom. The SMILES string of the molecule is Cl.NCC1CCCN(c2nc3ccccc3[nH]2)C1. The average molecular weight is 267 g/mol. The minimum atomic E-state index is 0. The number of imidazole rings is 1. The number of piperidine rings is 1. The first-order chi connectivity index (χ1) is 8.36. The van der Waals surface area contributed by atoms with Crippen molar-refractivity contribution in [2.24, 2.45) is 11.7 Å². The summed E-state index contributed by atoms with van der Waals surface area (Å²) in [6, 6.07) is 8.16.